The molecule has 0 aliphatic carbocycles. The Labute approximate surface area is 163 Å². The normalized spacial score (nSPS) is 12.1. The first kappa shape index (κ1) is 19.1. The largest absolute Gasteiger partial charge is 0.295 e. The lowest BCUT2D eigenvalue weighted by atomic mass is 9.97. The van der Waals surface area contributed by atoms with Crippen molar-refractivity contribution < 1.29 is 4.79 Å². The summed E-state index contributed by atoms with van der Waals surface area (Å²) in [7, 11) is -1.79. The van der Waals surface area contributed by atoms with Gasteiger partial charge in [0.2, 0.25) is 0 Å². The molecule has 0 aliphatic heterocycles. The molecule has 0 amide bonds. The lowest BCUT2D eigenvalue weighted by Gasteiger charge is -2.22. The number of carbonyl (C=O) groups is 1. The quantitative estimate of drug-likeness (QED) is 0.411. The third-order valence-electron chi connectivity index (χ3n) is 4.99. The Hall–Kier alpha value is -2.71. The van der Waals surface area contributed by atoms with E-state index in [1.54, 1.807) is 6.92 Å². The second-order valence-electron chi connectivity index (χ2n) is 7.65. The second-order valence-corrected chi connectivity index (χ2v) is 12.0. The van der Waals surface area contributed by atoms with E-state index in [-0.39, 0.29) is 5.78 Å². The van der Waals surface area contributed by atoms with Crippen LogP contribution in [0.2, 0.25) is 13.1 Å². The Morgan fingerprint density at radius 2 is 1.22 bits per heavy atom. The van der Waals surface area contributed by atoms with Crippen LogP contribution >= 0.6 is 0 Å². The van der Waals surface area contributed by atoms with Crippen LogP contribution in [-0.2, 0) is 0 Å². The van der Waals surface area contributed by atoms with Crippen molar-refractivity contribution in [2.45, 2.75) is 26.9 Å². The van der Waals surface area contributed by atoms with Crippen molar-refractivity contribution in [2.24, 2.45) is 0 Å². The van der Waals surface area contributed by atoms with Gasteiger partial charge in [-0.2, -0.15) is 0 Å². The van der Waals surface area contributed by atoms with Crippen molar-refractivity contribution in [1.29, 1.82) is 0 Å². The molecule has 0 radical (unpaired) electrons. The van der Waals surface area contributed by atoms with E-state index in [0.29, 0.717) is 0 Å². The SMILES string of the molecule is CC(=O)c1ccc(C(=C[Si](C)(C)c2ccccc2)c2ccc(C)cc2)cc1. The fraction of sp³-hybridized carbons (Fsp3) is 0.160. The molecule has 27 heavy (non-hydrogen) atoms. The summed E-state index contributed by atoms with van der Waals surface area (Å²) < 4.78 is 0. The van der Waals surface area contributed by atoms with E-state index in [4.69, 9.17) is 0 Å². The van der Waals surface area contributed by atoms with E-state index in [1.807, 2.05) is 12.1 Å². The number of ketones is 1. The topological polar surface area (TPSA) is 17.1 Å². The number of hydrogen-bond acceptors (Lipinski definition) is 1. The molecule has 3 rings (SSSR count). The van der Waals surface area contributed by atoms with Crippen LogP contribution < -0.4 is 5.19 Å². The molecule has 0 atom stereocenters. The van der Waals surface area contributed by atoms with E-state index < -0.39 is 8.07 Å². The molecule has 0 saturated carbocycles. The van der Waals surface area contributed by atoms with Crippen molar-refractivity contribution >= 4 is 24.6 Å². The van der Waals surface area contributed by atoms with Gasteiger partial charge in [0.15, 0.2) is 5.78 Å². The lowest BCUT2D eigenvalue weighted by molar-refractivity contribution is 0.101. The number of benzene rings is 3. The van der Waals surface area contributed by atoms with E-state index in [2.05, 4.69) is 92.4 Å². The van der Waals surface area contributed by atoms with Gasteiger partial charge in [-0.15, -0.1) is 0 Å². The van der Waals surface area contributed by atoms with Crippen LogP contribution in [0.3, 0.4) is 0 Å². The van der Waals surface area contributed by atoms with Crippen molar-refractivity contribution in [1.82, 2.24) is 0 Å². The maximum Gasteiger partial charge on any atom is 0.159 e. The van der Waals surface area contributed by atoms with Crippen LogP contribution in [0, 0.1) is 6.92 Å². The predicted octanol–water partition coefficient (Wildman–Crippen LogP) is 5.78. The number of hydrogen-bond donors (Lipinski definition) is 0. The zero-order chi connectivity index (χ0) is 19.4. The number of aryl methyl sites for hydroxylation is 1. The Kier molecular flexibility index (Phi) is 5.57. The van der Waals surface area contributed by atoms with Crippen molar-refractivity contribution in [3.8, 4) is 0 Å². The van der Waals surface area contributed by atoms with Gasteiger partial charge in [0.1, 0.15) is 8.07 Å². The summed E-state index contributed by atoms with van der Waals surface area (Å²) in [6.45, 7) is 8.47. The van der Waals surface area contributed by atoms with Gasteiger partial charge in [0.05, 0.1) is 0 Å². The van der Waals surface area contributed by atoms with E-state index >= 15 is 0 Å². The summed E-state index contributed by atoms with van der Waals surface area (Å²) in [4.78, 5) is 11.6. The number of carbonyl (C=O) groups excluding carboxylic acids is 1. The van der Waals surface area contributed by atoms with Crippen molar-refractivity contribution in [3.63, 3.8) is 0 Å². The van der Waals surface area contributed by atoms with Crippen molar-refractivity contribution in [3.05, 3.63) is 107 Å². The fourth-order valence-corrected chi connectivity index (χ4v) is 5.54. The number of Topliss-reactive ketones (excluding diaryl/α,β-unsaturated/α-hetero) is 1. The molecule has 0 fully saturated rings. The van der Waals surface area contributed by atoms with Crippen LogP contribution in [0.4, 0.5) is 0 Å². The molecule has 0 heterocycles. The molecule has 0 saturated heterocycles. The molecule has 3 aromatic carbocycles. The first-order chi connectivity index (χ1) is 12.9. The third kappa shape index (κ3) is 4.53. The average Bonchev–Trinajstić information content (AvgIpc) is 2.68. The summed E-state index contributed by atoms with van der Waals surface area (Å²) in [6.07, 6.45) is 0. The molecule has 1 nitrogen and oxygen atoms in total. The highest BCUT2D eigenvalue weighted by atomic mass is 28.3. The van der Waals surface area contributed by atoms with Crippen molar-refractivity contribution in [2.75, 3.05) is 0 Å². The Morgan fingerprint density at radius 1 is 0.741 bits per heavy atom. The summed E-state index contributed by atoms with van der Waals surface area (Å²) in [5.41, 5.74) is 8.08. The molecule has 0 unspecified atom stereocenters. The first-order valence-electron chi connectivity index (χ1n) is 9.33. The predicted molar refractivity (Wildman–Crippen MR) is 118 cm³/mol. The Morgan fingerprint density at radius 3 is 1.74 bits per heavy atom. The van der Waals surface area contributed by atoms with Gasteiger partial charge in [-0.25, -0.2) is 0 Å². The first-order valence-corrected chi connectivity index (χ1v) is 12.4. The number of rotatable bonds is 5. The highest BCUT2D eigenvalue weighted by Gasteiger charge is 2.22. The molecule has 0 aliphatic rings. The zero-order valence-corrected chi connectivity index (χ0v) is 17.5. The highest BCUT2D eigenvalue weighted by molar-refractivity contribution is 6.94. The smallest absolute Gasteiger partial charge is 0.159 e. The molecule has 2 heteroatoms. The van der Waals surface area contributed by atoms with E-state index in [9.17, 15) is 4.79 Å². The monoisotopic (exact) mass is 370 g/mol. The fourth-order valence-electron chi connectivity index (χ4n) is 3.26. The summed E-state index contributed by atoms with van der Waals surface area (Å²) in [5.74, 6) is 0.0985. The molecule has 0 bridgehead atoms. The van der Waals surface area contributed by atoms with Gasteiger partial charge in [-0.05, 0) is 30.5 Å². The maximum absolute atomic E-state index is 11.6. The summed E-state index contributed by atoms with van der Waals surface area (Å²) in [6, 6.07) is 27.4. The van der Waals surface area contributed by atoms with Gasteiger partial charge < -0.3 is 0 Å². The van der Waals surface area contributed by atoms with Gasteiger partial charge >= 0.3 is 0 Å². The minimum absolute atomic E-state index is 0.0985. The van der Waals surface area contributed by atoms with Gasteiger partial charge in [0.25, 0.3) is 0 Å². The minimum atomic E-state index is -1.79. The second kappa shape index (κ2) is 7.89. The molecule has 136 valence electrons. The standard InChI is InChI=1S/C25H26OSi/c1-19-10-12-22(13-11-19)25(23-16-14-21(15-17-23)20(2)26)18-27(3,4)24-8-6-5-7-9-24/h5-18H,1-4H3. The van der Waals surface area contributed by atoms with Crippen LogP contribution in [0.25, 0.3) is 5.57 Å². The molecule has 0 aromatic heterocycles. The van der Waals surface area contributed by atoms with Crippen LogP contribution in [-0.4, -0.2) is 13.9 Å². The zero-order valence-electron chi connectivity index (χ0n) is 16.5. The molecule has 3 aromatic rings. The summed E-state index contributed by atoms with van der Waals surface area (Å²) in [5, 5.41) is 1.41. The van der Waals surface area contributed by atoms with Gasteiger partial charge in [0, 0.05) is 5.56 Å². The minimum Gasteiger partial charge on any atom is -0.295 e. The van der Waals surface area contributed by atoms with E-state index in [1.165, 1.54) is 21.9 Å². The Bertz CT molecular complexity index is 949. The van der Waals surface area contributed by atoms with Gasteiger partial charge in [-0.3, -0.25) is 4.79 Å². The third-order valence-corrected chi connectivity index (χ3v) is 7.82. The maximum atomic E-state index is 11.6. The molecule has 0 spiro atoms. The van der Waals surface area contributed by atoms with Crippen LogP contribution in [0.5, 0.6) is 0 Å². The lowest BCUT2D eigenvalue weighted by Crippen LogP contribution is -2.39. The molecular formula is C25H26OSi. The molecular weight excluding hydrogens is 344 g/mol. The van der Waals surface area contributed by atoms with Crippen LogP contribution in [0.1, 0.15) is 34.0 Å². The average molecular weight is 371 g/mol. The Balaban J connectivity index is 2.12. The van der Waals surface area contributed by atoms with Crippen LogP contribution in [0.15, 0.2) is 84.6 Å². The van der Waals surface area contributed by atoms with Gasteiger partial charge in [-0.1, -0.05) is 108 Å². The summed E-state index contributed by atoms with van der Waals surface area (Å²) >= 11 is 0. The molecule has 0 N–H and O–H groups in total. The van der Waals surface area contributed by atoms with E-state index in [0.717, 1.165) is 11.1 Å². The highest BCUT2D eigenvalue weighted by Crippen LogP contribution is 2.27.